The Bertz CT molecular complexity index is 511. The third-order valence-electron chi connectivity index (χ3n) is 4.24. The van der Waals surface area contributed by atoms with Crippen molar-refractivity contribution < 1.29 is 9.53 Å². The van der Waals surface area contributed by atoms with Crippen LogP contribution in [0.25, 0.3) is 0 Å². The molecule has 1 aromatic rings. The fraction of sp³-hybridized carbons (Fsp3) is 0.611. The molecule has 1 aliphatic heterocycles. The number of rotatable bonds is 6. The van der Waals surface area contributed by atoms with Crippen molar-refractivity contribution in [2.45, 2.75) is 46.2 Å². The van der Waals surface area contributed by atoms with Crippen molar-refractivity contribution in [3.63, 3.8) is 0 Å². The number of carbonyl (C=O) groups is 1. The molecule has 2 amide bonds. The Morgan fingerprint density at radius 1 is 1.30 bits per heavy atom. The van der Waals surface area contributed by atoms with Gasteiger partial charge in [0.05, 0.1) is 6.61 Å². The van der Waals surface area contributed by atoms with Crippen LogP contribution in [0.4, 0.5) is 4.79 Å². The second-order valence-electron chi connectivity index (χ2n) is 6.01. The lowest BCUT2D eigenvalue weighted by atomic mass is 10.0. The van der Waals surface area contributed by atoms with Crippen LogP contribution in [-0.2, 0) is 6.54 Å². The number of likely N-dealkylation sites (tertiary alicyclic amines) is 1. The highest BCUT2D eigenvalue weighted by Gasteiger charge is 2.21. The highest BCUT2D eigenvalue weighted by atomic mass is 16.5. The Morgan fingerprint density at radius 3 is 2.65 bits per heavy atom. The summed E-state index contributed by atoms with van der Waals surface area (Å²) < 4.78 is 5.58. The van der Waals surface area contributed by atoms with Crippen molar-refractivity contribution in [2.24, 2.45) is 0 Å². The molecule has 0 aliphatic carbocycles. The first-order chi connectivity index (χ1) is 11.1. The zero-order valence-electron chi connectivity index (χ0n) is 14.5. The number of benzene rings is 1. The lowest BCUT2D eigenvalue weighted by Crippen LogP contribution is -2.48. The molecule has 0 bridgehead atoms. The SMILES string of the molecule is CCNC(=O)N1CCC(NCc2ccc(OCC)c(C)c2)CC1. The van der Waals surface area contributed by atoms with Gasteiger partial charge < -0.3 is 20.3 Å². The zero-order chi connectivity index (χ0) is 16.7. The van der Waals surface area contributed by atoms with Gasteiger partial charge in [-0.1, -0.05) is 12.1 Å². The molecule has 1 fully saturated rings. The summed E-state index contributed by atoms with van der Waals surface area (Å²) in [6.07, 6.45) is 2.01. The monoisotopic (exact) mass is 319 g/mol. The summed E-state index contributed by atoms with van der Waals surface area (Å²) in [5.41, 5.74) is 2.45. The van der Waals surface area contributed by atoms with Crippen molar-refractivity contribution >= 4 is 6.03 Å². The number of nitrogens with zero attached hydrogens (tertiary/aromatic N) is 1. The van der Waals surface area contributed by atoms with Crippen LogP contribution in [0.2, 0.25) is 0 Å². The van der Waals surface area contributed by atoms with Gasteiger partial charge in [0.1, 0.15) is 5.75 Å². The van der Waals surface area contributed by atoms with E-state index in [9.17, 15) is 4.79 Å². The largest absolute Gasteiger partial charge is 0.494 e. The van der Waals surface area contributed by atoms with Gasteiger partial charge in [0.25, 0.3) is 0 Å². The third kappa shape index (κ3) is 5.13. The summed E-state index contributed by atoms with van der Waals surface area (Å²) in [4.78, 5) is 13.7. The molecule has 5 nitrogen and oxygen atoms in total. The number of hydrogen-bond acceptors (Lipinski definition) is 3. The molecule has 2 N–H and O–H groups in total. The van der Waals surface area contributed by atoms with Crippen LogP contribution in [0.3, 0.4) is 0 Å². The predicted molar refractivity (Wildman–Crippen MR) is 92.9 cm³/mol. The first-order valence-electron chi connectivity index (χ1n) is 8.62. The van der Waals surface area contributed by atoms with Crippen LogP contribution >= 0.6 is 0 Å². The molecule has 0 atom stereocenters. The Balaban J connectivity index is 1.77. The molecule has 1 aliphatic rings. The van der Waals surface area contributed by atoms with Crippen LogP contribution in [-0.4, -0.2) is 43.2 Å². The van der Waals surface area contributed by atoms with E-state index < -0.39 is 0 Å². The summed E-state index contributed by atoms with van der Waals surface area (Å²) >= 11 is 0. The molecule has 2 rings (SSSR count). The van der Waals surface area contributed by atoms with Crippen molar-refractivity contribution in [1.82, 2.24) is 15.5 Å². The second kappa shape index (κ2) is 8.77. The quantitative estimate of drug-likeness (QED) is 0.847. The van der Waals surface area contributed by atoms with Crippen LogP contribution < -0.4 is 15.4 Å². The number of amides is 2. The van der Waals surface area contributed by atoms with E-state index in [1.807, 2.05) is 24.8 Å². The fourth-order valence-corrected chi connectivity index (χ4v) is 2.95. The lowest BCUT2D eigenvalue weighted by molar-refractivity contribution is 0.177. The maximum atomic E-state index is 11.8. The Kier molecular flexibility index (Phi) is 6.71. The number of urea groups is 1. The van der Waals surface area contributed by atoms with E-state index in [0.717, 1.165) is 38.2 Å². The molecule has 1 saturated heterocycles. The van der Waals surface area contributed by atoms with Crippen LogP contribution in [0.15, 0.2) is 18.2 Å². The van der Waals surface area contributed by atoms with E-state index in [4.69, 9.17) is 4.74 Å². The number of piperidine rings is 1. The minimum atomic E-state index is 0.0630. The average molecular weight is 319 g/mol. The summed E-state index contributed by atoms with van der Waals surface area (Å²) in [7, 11) is 0. The van der Waals surface area contributed by atoms with Gasteiger partial charge in [0.15, 0.2) is 0 Å². The normalized spacial score (nSPS) is 15.5. The number of hydrogen-bond donors (Lipinski definition) is 2. The van der Waals surface area contributed by atoms with E-state index in [-0.39, 0.29) is 6.03 Å². The van der Waals surface area contributed by atoms with Crippen molar-refractivity contribution in [1.29, 1.82) is 0 Å². The third-order valence-corrected chi connectivity index (χ3v) is 4.24. The molecular weight excluding hydrogens is 290 g/mol. The van der Waals surface area contributed by atoms with Gasteiger partial charge in [-0.25, -0.2) is 4.79 Å². The Morgan fingerprint density at radius 2 is 2.04 bits per heavy atom. The van der Waals surface area contributed by atoms with Crippen LogP contribution in [0.1, 0.15) is 37.8 Å². The van der Waals surface area contributed by atoms with Crippen molar-refractivity contribution in [2.75, 3.05) is 26.2 Å². The van der Waals surface area contributed by atoms with Gasteiger partial charge in [-0.15, -0.1) is 0 Å². The Labute approximate surface area is 139 Å². The molecule has 0 radical (unpaired) electrons. The molecule has 0 unspecified atom stereocenters. The highest BCUT2D eigenvalue weighted by molar-refractivity contribution is 5.74. The molecule has 23 heavy (non-hydrogen) atoms. The van der Waals surface area contributed by atoms with Crippen molar-refractivity contribution in [3.8, 4) is 5.75 Å². The molecule has 0 spiro atoms. The van der Waals surface area contributed by atoms with Gasteiger partial charge in [-0.3, -0.25) is 0 Å². The fourth-order valence-electron chi connectivity index (χ4n) is 2.95. The minimum Gasteiger partial charge on any atom is -0.494 e. The summed E-state index contributed by atoms with van der Waals surface area (Å²) in [5.74, 6) is 0.964. The maximum Gasteiger partial charge on any atom is 0.317 e. The first-order valence-corrected chi connectivity index (χ1v) is 8.62. The van der Waals surface area contributed by atoms with Crippen LogP contribution in [0, 0.1) is 6.92 Å². The molecule has 5 heteroatoms. The van der Waals surface area contributed by atoms with E-state index >= 15 is 0 Å². The summed E-state index contributed by atoms with van der Waals surface area (Å²) in [6, 6.07) is 6.89. The van der Waals surface area contributed by atoms with Gasteiger partial charge in [-0.05, 0) is 50.8 Å². The number of carbonyl (C=O) groups excluding carboxylic acids is 1. The standard InChI is InChI=1S/C18H29N3O2/c1-4-19-18(22)21-10-8-16(9-11-21)20-13-15-6-7-17(23-5-2)14(3)12-15/h6-7,12,16,20H,4-5,8-11,13H2,1-3H3,(H,19,22). The molecule has 1 heterocycles. The van der Waals surface area contributed by atoms with Crippen molar-refractivity contribution in [3.05, 3.63) is 29.3 Å². The smallest absolute Gasteiger partial charge is 0.317 e. The van der Waals surface area contributed by atoms with E-state index in [1.165, 1.54) is 11.1 Å². The first kappa shape index (κ1) is 17.6. The molecular formula is C18H29N3O2. The minimum absolute atomic E-state index is 0.0630. The molecule has 0 aromatic heterocycles. The summed E-state index contributed by atoms with van der Waals surface area (Å²) in [5, 5.41) is 6.47. The van der Waals surface area contributed by atoms with Gasteiger partial charge in [-0.2, -0.15) is 0 Å². The maximum absolute atomic E-state index is 11.8. The topological polar surface area (TPSA) is 53.6 Å². The molecule has 128 valence electrons. The highest BCUT2D eigenvalue weighted by Crippen LogP contribution is 2.19. The van der Waals surface area contributed by atoms with E-state index in [2.05, 4.69) is 29.7 Å². The van der Waals surface area contributed by atoms with Gasteiger partial charge >= 0.3 is 6.03 Å². The summed E-state index contributed by atoms with van der Waals surface area (Å²) in [6.45, 7) is 9.93. The van der Waals surface area contributed by atoms with Crippen LogP contribution in [0.5, 0.6) is 5.75 Å². The lowest BCUT2D eigenvalue weighted by Gasteiger charge is -2.32. The number of aryl methyl sites for hydroxylation is 1. The number of nitrogens with one attached hydrogen (secondary N) is 2. The predicted octanol–water partition coefficient (Wildman–Crippen LogP) is 2.68. The average Bonchev–Trinajstić information content (AvgIpc) is 2.56. The van der Waals surface area contributed by atoms with Gasteiger partial charge in [0.2, 0.25) is 0 Å². The Hall–Kier alpha value is -1.75. The van der Waals surface area contributed by atoms with E-state index in [0.29, 0.717) is 19.2 Å². The number of ether oxygens (including phenoxy) is 1. The van der Waals surface area contributed by atoms with Gasteiger partial charge in [0, 0.05) is 32.2 Å². The molecule has 1 aromatic carbocycles. The second-order valence-corrected chi connectivity index (χ2v) is 6.01. The molecule has 0 saturated carbocycles. The zero-order valence-corrected chi connectivity index (χ0v) is 14.5. The van der Waals surface area contributed by atoms with E-state index in [1.54, 1.807) is 0 Å².